The van der Waals surface area contributed by atoms with Gasteiger partial charge in [-0.05, 0) is 44.9 Å². The number of rotatable bonds is 5. The van der Waals surface area contributed by atoms with Crippen LogP contribution >= 0.6 is 0 Å². The van der Waals surface area contributed by atoms with Crippen molar-refractivity contribution in [3.05, 3.63) is 64.7 Å². The van der Waals surface area contributed by atoms with Gasteiger partial charge in [0.2, 0.25) is 0 Å². The third-order valence-corrected chi connectivity index (χ3v) is 3.83. The van der Waals surface area contributed by atoms with Crippen molar-refractivity contribution in [2.24, 2.45) is 0 Å². The van der Waals surface area contributed by atoms with Gasteiger partial charge in [-0.2, -0.15) is 0 Å². The Bertz CT molecular complexity index is 582. The van der Waals surface area contributed by atoms with Crippen LogP contribution in [-0.4, -0.2) is 10.9 Å². The van der Waals surface area contributed by atoms with Crippen LogP contribution in [0, 0.1) is 13.8 Å². The quantitative estimate of drug-likeness (QED) is 0.829. The summed E-state index contributed by atoms with van der Waals surface area (Å²) in [6.07, 6.45) is 0. The molecule has 0 radical (unpaired) electrons. The summed E-state index contributed by atoms with van der Waals surface area (Å²) in [6, 6.07) is 15.4. The van der Waals surface area contributed by atoms with Crippen LogP contribution in [0.2, 0.25) is 0 Å². The van der Waals surface area contributed by atoms with Crippen molar-refractivity contribution in [1.82, 2.24) is 4.90 Å². The summed E-state index contributed by atoms with van der Waals surface area (Å²) >= 11 is 0. The third kappa shape index (κ3) is 4.33. The van der Waals surface area contributed by atoms with E-state index in [1.165, 1.54) is 22.3 Å². The van der Waals surface area contributed by atoms with E-state index in [1.807, 2.05) is 12.1 Å². The Morgan fingerprint density at radius 2 is 1.57 bits per heavy atom. The molecule has 0 aromatic heterocycles. The molecule has 0 saturated carbocycles. The molecule has 0 fully saturated rings. The molecule has 0 spiro atoms. The van der Waals surface area contributed by atoms with Crippen molar-refractivity contribution in [2.75, 3.05) is 5.73 Å². The number of benzene rings is 2. The van der Waals surface area contributed by atoms with Crippen molar-refractivity contribution in [2.45, 2.75) is 46.8 Å². The number of aryl methyl sites for hydroxylation is 2. The smallest absolute Gasteiger partial charge is 0.0359 e. The number of nitrogens with zero attached hydrogens (tertiary/aromatic N) is 1. The van der Waals surface area contributed by atoms with Crippen LogP contribution in [0.1, 0.15) is 36.1 Å². The van der Waals surface area contributed by atoms with Gasteiger partial charge in [-0.15, -0.1) is 0 Å². The topological polar surface area (TPSA) is 29.3 Å². The maximum Gasteiger partial charge on any atom is 0.0359 e. The van der Waals surface area contributed by atoms with Gasteiger partial charge in [0.1, 0.15) is 0 Å². The number of anilines is 1. The van der Waals surface area contributed by atoms with E-state index < -0.39 is 0 Å². The van der Waals surface area contributed by atoms with Crippen LogP contribution in [0.3, 0.4) is 0 Å². The Balaban J connectivity index is 2.18. The summed E-state index contributed by atoms with van der Waals surface area (Å²) in [5.74, 6) is 0. The van der Waals surface area contributed by atoms with Gasteiger partial charge in [0.15, 0.2) is 0 Å². The standard InChI is InChI=1S/C19H26N2/c1-14(2)21(13-18-7-5-6-8-19(18)20)12-17-10-15(3)9-16(4)11-17/h5-11,14H,12-13,20H2,1-4H3. The fourth-order valence-corrected chi connectivity index (χ4v) is 2.71. The van der Waals surface area contributed by atoms with Gasteiger partial charge in [0.25, 0.3) is 0 Å². The number of para-hydroxylation sites is 1. The van der Waals surface area contributed by atoms with Crippen LogP contribution in [-0.2, 0) is 13.1 Å². The van der Waals surface area contributed by atoms with Crippen LogP contribution in [0.5, 0.6) is 0 Å². The zero-order valence-corrected chi connectivity index (χ0v) is 13.6. The zero-order chi connectivity index (χ0) is 15.4. The Kier molecular flexibility index (Phi) is 5.03. The lowest BCUT2D eigenvalue weighted by Gasteiger charge is -2.27. The van der Waals surface area contributed by atoms with Gasteiger partial charge in [0.05, 0.1) is 0 Å². The van der Waals surface area contributed by atoms with Crippen LogP contribution in [0.25, 0.3) is 0 Å². The predicted molar refractivity (Wildman–Crippen MR) is 91.2 cm³/mol. The lowest BCUT2D eigenvalue weighted by atomic mass is 10.1. The monoisotopic (exact) mass is 282 g/mol. The van der Waals surface area contributed by atoms with E-state index in [-0.39, 0.29) is 0 Å². The summed E-state index contributed by atoms with van der Waals surface area (Å²) in [6.45, 7) is 10.6. The largest absolute Gasteiger partial charge is 0.398 e. The minimum absolute atomic E-state index is 0.477. The maximum absolute atomic E-state index is 6.08. The van der Waals surface area contributed by atoms with Crippen LogP contribution < -0.4 is 5.73 Å². The van der Waals surface area contributed by atoms with Crippen LogP contribution in [0.15, 0.2) is 42.5 Å². The third-order valence-electron chi connectivity index (χ3n) is 3.83. The molecule has 2 rings (SSSR count). The van der Waals surface area contributed by atoms with Crippen molar-refractivity contribution >= 4 is 5.69 Å². The van der Waals surface area contributed by atoms with E-state index >= 15 is 0 Å². The van der Waals surface area contributed by atoms with Crippen LogP contribution in [0.4, 0.5) is 5.69 Å². The molecule has 0 bridgehead atoms. The first-order valence-electron chi connectivity index (χ1n) is 7.60. The van der Waals surface area contributed by atoms with Crippen molar-refractivity contribution in [3.8, 4) is 0 Å². The average Bonchev–Trinajstić information content (AvgIpc) is 2.39. The number of nitrogens with two attached hydrogens (primary N) is 1. The first kappa shape index (κ1) is 15.6. The molecular weight excluding hydrogens is 256 g/mol. The fraction of sp³-hybridized carbons (Fsp3) is 0.368. The van der Waals surface area contributed by atoms with E-state index in [0.29, 0.717) is 6.04 Å². The molecule has 2 N–H and O–H groups in total. The zero-order valence-electron chi connectivity index (χ0n) is 13.6. The number of nitrogen functional groups attached to an aromatic ring is 1. The Morgan fingerprint density at radius 1 is 0.952 bits per heavy atom. The minimum Gasteiger partial charge on any atom is -0.398 e. The summed E-state index contributed by atoms with van der Waals surface area (Å²) in [5, 5.41) is 0. The normalized spacial score (nSPS) is 11.3. The molecule has 0 heterocycles. The highest BCUT2D eigenvalue weighted by Crippen LogP contribution is 2.18. The SMILES string of the molecule is Cc1cc(C)cc(CN(Cc2ccccc2N)C(C)C)c1. The molecule has 21 heavy (non-hydrogen) atoms. The van der Waals surface area contributed by atoms with Crippen molar-refractivity contribution in [3.63, 3.8) is 0 Å². The molecule has 2 aromatic carbocycles. The first-order chi connectivity index (χ1) is 9.95. The summed E-state index contributed by atoms with van der Waals surface area (Å²) in [7, 11) is 0. The molecule has 2 heteroatoms. The first-order valence-corrected chi connectivity index (χ1v) is 7.60. The molecule has 0 aliphatic carbocycles. The Labute approximate surface area is 128 Å². The average molecular weight is 282 g/mol. The fourth-order valence-electron chi connectivity index (χ4n) is 2.71. The van der Waals surface area contributed by atoms with E-state index in [4.69, 9.17) is 5.73 Å². The van der Waals surface area contributed by atoms with Gasteiger partial charge in [0, 0.05) is 24.8 Å². The van der Waals surface area contributed by atoms with E-state index in [0.717, 1.165) is 18.8 Å². The van der Waals surface area contributed by atoms with Crippen molar-refractivity contribution < 1.29 is 0 Å². The molecule has 2 aromatic rings. The second kappa shape index (κ2) is 6.77. The highest BCUT2D eigenvalue weighted by molar-refractivity contribution is 5.46. The summed E-state index contributed by atoms with van der Waals surface area (Å²) in [4.78, 5) is 2.46. The number of hydrogen-bond donors (Lipinski definition) is 1. The highest BCUT2D eigenvalue weighted by Gasteiger charge is 2.12. The Morgan fingerprint density at radius 3 is 2.14 bits per heavy atom. The summed E-state index contributed by atoms with van der Waals surface area (Å²) in [5.41, 5.74) is 12.2. The second-order valence-corrected chi connectivity index (χ2v) is 6.19. The Hall–Kier alpha value is -1.80. The lowest BCUT2D eigenvalue weighted by Crippen LogP contribution is -2.30. The molecule has 0 amide bonds. The lowest BCUT2D eigenvalue weighted by molar-refractivity contribution is 0.204. The molecular formula is C19H26N2. The predicted octanol–water partition coefficient (Wildman–Crippen LogP) is 4.30. The maximum atomic E-state index is 6.08. The van der Waals surface area contributed by atoms with Gasteiger partial charge in [-0.25, -0.2) is 0 Å². The molecule has 0 atom stereocenters. The van der Waals surface area contributed by atoms with Gasteiger partial charge in [-0.1, -0.05) is 47.5 Å². The molecule has 0 aliphatic heterocycles. The molecule has 0 aliphatic rings. The van der Waals surface area contributed by atoms with Gasteiger partial charge in [-0.3, -0.25) is 4.90 Å². The van der Waals surface area contributed by atoms with E-state index in [2.05, 4.69) is 62.9 Å². The molecule has 0 saturated heterocycles. The van der Waals surface area contributed by atoms with Gasteiger partial charge < -0.3 is 5.73 Å². The summed E-state index contributed by atoms with van der Waals surface area (Å²) < 4.78 is 0. The molecule has 0 unspecified atom stereocenters. The van der Waals surface area contributed by atoms with E-state index in [1.54, 1.807) is 0 Å². The highest BCUT2D eigenvalue weighted by atomic mass is 15.1. The molecule has 2 nitrogen and oxygen atoms in total. The number of hydrogen-bond acceptors (Lipinski definition) is 2. The van der Waals surface area contributed by atoms with Crippen molar-refractivity contribution in [1.29, 1.82) is 0 Å². The van der Waals surface area contributed by atoms with E-state index in [9.17, 15) is 0 Å². The minimum atomic E-state index is 0.477. The molecule has 112 valence electrons. The van der Waals surface area contributed by atoms with Gasteiger partial charge >= 0.3 is 0 Å². The second-order valence-electron chi connectivity index (χ2n) is 6.19.